The topological polar surface area (TPSA) is 67.2 Å². The van der Waals surface area contributed by atoms with Crippen molar-refractivity contribution in [1.29, 1.82) is 0 Å². The summed E-state index contributed by atoms with van der Waals surface area (Å²) >= 11 is 7.73. The number of halogens is 1. The van der Waals surface area contributed by atoms with Crippen molar-refractivity contribution in [3.05, 3.63) is 63.9 Å². The highest BCUT2D eigenvalue weighted by Crippen LogP contribution is 2.38. The van der Waals surface area contributed by atoms with Crippen molar-refractivity contribution in [1.82, 2.24) is 19.8 Å². The van der Waals surface area contributed by atoms with Crippen LogP contribution in [0.3, 0.4) is 0 Å². The van der Waals surface area contributed by atoms with E-state index in [0.717, 1.165) is 51.9 Å². The molecule has 3 heterocycles. The molecule has 8 heteroatoms. The third-order valence-electron chi connectivity index (χ3n) is 7.69. The van der Waals surface area contributed by atoms with Crippen LogP contribution >= 0.6 is 23.4 Å². The van der Waals surface area contributed by atoms with Crippen LogP contribution in [0.4, 0.5) is 0 Å². The highest BCUT2D eigenvalue weighted by molar-refractivity contribution is 8.00. The number of likely N-dealkylation sites (tertiary alicyclic amines) is 1. The third-order valence-corrected chi connectivity index (χ3v) is 9.13. The molecule has 37 heavy (non-hydrogen) atoms. The molecule has 1 N–H and O–H groups in total. The molecule has 1 spiro atoms. The molecule has 2 aromatic carbocycles. The van der Waals surface area contributed by atoms with Gasteiger partial charge in [-0.1, -0.05) is 61.3 Å². The zero-order chi connectivity index (χ0) is 25.8. The van der Waals surface area contributed by atoms with Crippen LogP contribution in [0.2, 0.25) is 5.02 Å². The molecule has 2 fully saturated rings. The van der Waals surface area contributed by atoms with E-state index in [1.54, 1.807) is 22.8 Å². The number of carbonyl (C=O) groups is 1. The number of aromatic nitrogens is 2. The number of hydrogen-bond acceptors (Lipinski definition) is 5. The number of nitrogens with zero attached hydrogens (tertiary/aromatic N) is 3. The smallest absolute Gasteiger partial charge is 0.266 e. The van der Waals surface area contributed by atoms with Gasteiger partial charge < -0.3 is 10.2 Å². The van der Waals surface area contributed by atoms with Gasteiger partial charge in [0.15, 0.2) is 5.16 Å². The minimum atomic E-state index is -0.301. The molecule has 0 bridgehead atoms. The summed E-state index contributed by atoms with van der Waals surface area (Å²) in [7, 11) is 0. The first-order chi connectivity index (χ1) is 18.0. The van der Waals surface area contributed by atoms with Gasteiger partial charge in [-0.15, -0.1) is 0 Å². The quantitative estimate of drug-likeness (QED) is 0.309. The molecule has 1 aromatic heterocycles. The highest BCUT2D eigenvalue weighted by atomic mass is 35.5. The third kappa shape index (κ3) is 5.74. The highest BCUT2D eigenvalue weighted by Gasteiger charge is 2.39. The summed E-state index contributed by atoms with van der Waals surface area (Å²) in [6.45, 7) is 5.82. The van der Waals surface area contributed by atoms with Crippen molar-refractivity contribution in [2.45, 2.75) is 62.3 Å². The van der Waals surface area contributed by atoms with Crippen LogP contribution < -0.4 is 10.9 Å². The molecule has 2 saturated heterocycles. The number of unbranched alkanes of at least 4 members (excludes halogenated alkanes) is 1. The Bertz CT molecular complexity index is 1320. The summed E-state index contributed by atoms with van der Waals surface area (Å²) in [6, 6.07) is 14.6. The van der Waals surface area contributed by atoms with Gasteiger partial charge in [-0.2, -0.15) is 0 Å². The van der Waals surface area contributed by atoms with E-state index in [0.29, 0.717) is 26.8 Å². The van der Waals surface area contributed by atoms with Crippen LogP contribution in [0.25, 0.3) is 16.6 Å². The fraction of sp³-hybridized carbons (Fsp3) is 0.483. The van der Waals surface area contributed by atoms with Gasteiger partial charge in [0.1, 0.15) is 0 Å². The standard InChI is InChI=1S/C29H35ClN4O2S/c1-2-3-13-25(27(36)33-17-8-15-29(20-33)14-7-16-31-19-29)37-28-32-24-12-5-4-11-23(24)26(35)34(28)22-10-6-9-21(30)18-22/h4-6,9-12,18,25,31H,2-3,7-8,13-17,19-20H2,1H3/t25-,29-/m0/s1. The number of piperidine rings is 2. The van der Waals surface area contributed by atoms with E-state index >= 15 is 0 Å². The molecule has 5 rings (SSSR count). The zero-order valence-corrected chi connectivity index (χ0v) is 23.0. The average Bonchev–Trinajstić information content (AvgIpc) is 2.91. The van der Waals surface area contributed by atoms with E-state index < -0.39 is 0 Å². The first kappa shape index (κ1) is 26.3. The number of benzene rings is 2. The Morgan fingerprint density at radius 2 is 2.03 bits per heavy atom. The van der Waals surface area contributed by atoms with Crippen LogP contribution in [0, 0.1) is 5.41 Å². The summed E-state index contributed by atoms with van der Waals surface area (Å²) < 4.78 is 1.62. The van der Waals surface area contributed by atoms with Crippen molar-refractivity contribution in [2.75, 3.05) is 26.2 Å². The van der Waals surface area contributed by atoms with E-state index in [2.05, 4.69) is 17.1 Å². The number of hydrogen-bond donors (Lipinski definition) is 1. The summed E-state index contributed by atoms with van der Waals surface area (Å²) in [4.78, 5) is 34.7. The van der Waals surface area contributed by atoms with Gasteiger partial charge in [0.2, 0.25) is 5.91 Å². The minimum Gasteiger partial charge on any atom is -0.341 e. The van der Waals surface area contributed by atoms with Gasteiger partial charge in [0.25, 0.3) is 5.56 Å². The Hall–Kier alpha value is -2.35. The summed E-state index contributed by atoms with van der Waals surface area (Å²) in [5, 5.41) is 4.89. The van der Waals surface area contributed by atoms with Gasteiger partial charge in [-0.25, -0.2) is 4.98 Å². The van der Waals surface area contributed by atoms with E-state index in [9.17, 15) is 9.59 Å². The van der Waals surface area contributed by atoms with E-state index in [1.807, 2.05) is 30.3 Å². The molecule has 2 aliphatic heterocycles. The van der Waals surface area contributed by atoms with Gasteiger partial charge in [0.05, 0.1) is 21.8 Å². The Balaban J connectivity index is 1.51. The number of fused-ring (bicyclic) bond motifs is 1. The lowest BCUT2D eigenvalue weighted by Gasteiger charge is -2.46. The van der Waals surface area contributed by atoms with Crippen molar-refractivity contribution < 1.29 is 4.79 Å². The fourth-order valence-electron chi connectivity index (χ4n) is 5.76. The lowest BCUT2D eigenvalue weighted by atomic mass is 9.74. The molecule has 0 aliphatic carbocycles. The summed E-state index contributed by atoms with van der Waals surface area (Å²) in [6.07, 6.45) is 7.26. The molecule has 0 saturated carbocycles. The van der Waals surface area contributed by atoms with Crippen molar-refractivity contribution in [3.8, 4) is 5.69 Å². The monoisotopic (exact) mass is 538 g/mol. The SMILES string of the molecule is CCCC[C@H](Sc1nc2ccccc2c(=O)n1-c1cccc(Cl)c1)C(=O)N1CCC[C@]2(CCCNC2)C1. The Labute approximate surface area is 227 Å². The van der Waals surface area contributed by atoms with Crippen molar-refractivity contribution in [3.63, 3.8) is 0 Å². The lowest BCUT2D eigenvalue weighted by molar-refractivity contribution is -0.134. The predicted molar refractivity (Wildman–Crippen MR) is 152 cm³/mol. The van der Waals surface area contributed by atoms with Crippen LogP contribution in [-0.4, -0.2) is 51.8 Å². The molecule has 2 aliphatic rings. The van der Waals surface area contributed by atoms with E-state index in [1.165, 1.54) is 31.0 Å². The van der Waals surface area contributed by atoms with Crippen molar-refractivity contribution in [2.24, 2.45) is 5.41 Å². The minimum absolute atomic E-state index is 0.151. The maximum absolute atomic E-state index is 14.0. The van der Waals surface area contributed by atoms with E-state index in [4.69, 9.17) is 16.6 Å². The molecule has 1 amide bonds. The van der Waals surface area contributed by atoms with Gasteiger partial charge in [-0.3, -0.25) is 14.2 Å². The van der Waals surface area contributed by atoms with E-state index in [-0.39, 0.29) is 22.1 Å². The number of amides is 1. The molecule has 2 atom stereocenters. The maximum Gasteiger partial charge on any atom is 0.266 e. The number of carbonyl (C=O) groups excluding carboxylic acids is 1. The Morgan fingerprint density at radius 3 is 2.81 bits per heavy atom. The fourth-order valence-corrected chi connectivity index (χ4v) is 7.18. The predicted octanol–water partition coefficient (Wildman–Crippen LogP) is 5.68. The molecule has 196 valence electrons. The lowest BCUT2D eigenvalue weighted by Crippen LogP contribution is -2.54. The summed E-state index contributed by atoms with van der Waals surface area (Å²) in [5.74, 6) is 0.170. The first-order valence-electron chi connectivity index (χ1n) is 13.4. The second-order valence-corrected chi connectivity index (χ2v) is 12.0. The Kier molecular flexibility index (Phi) is 8.22. The number of para-hydroxylation sites is 1. The van der Waals surface area contributed by atoms with Crippen LogP contribution in [0.15, 0.2) is 58.5 Å². The second-order valence-electron chi connectivity index (χ2n) is 10.4. The maximum atomic E-state index is 14.0. The van der Waals surface area contributed by atoms with Gasteiger partial charge in [0, 0.05) is 30.1 Å². The zero-order valence-electron chi connectivity index (χ0n) is 21.4. The largest absolute Gasteiger partial charge is 0.341 e. The molecular weight excluding hydrogens is 504 g/mol. The van der Waals surface area contributed by atoms with Gasteiger partial charge >= 0.3 is 0 Å². The Morgan fingerprint density at radius 1 is 1.19 bits per heavy atom. The number of nitrogens with one attached hydrogen (secondary N) is 1. The average molecular weight is 539 g/mol. The van der Waals surface area contributed by atoms with Gasteiger partial charge in [-0.05, 0) is 69.0 Å². The second kappa shape index (κ2) is 11.6. The molecule has 6 nitrogen and oxygen atoms in total. The molecule has 3 aromatic rings. The van der Waals surface area contributed by atoms with Crippen LogP contribution in [-0.2, 0) is 4.79 Å². The van der Waals surface area contributed by atoms with Crippen LogP contribution in [0.5, 0.6) is 0 Å². The summed E-state index contributed by atoms with van der Waals surface area (Å²) in [5.41, 5.74) is 1.34. The van der Waals surface area contributed by atoms with Crippen LogP contribution in [0.1, 0.15) is 51.9 Å². The molecular formula is C29H35ClN4O2S. The van der Waals surface area contributed by atoms with Crippen molar-refractivity contribution >= 4 is 40.2 Å². The number of rotatable bonds is 7. The molecule has 0 radical (unpaired) electrons. The normalized spacial score (nSPS) is 20.9. The molecule has 0 unspecified atom stereocenters. The number of thioether (sulfide) groups is 1. The first-order valence-corrected chi connectivity index (χ1v) is 14.7.